The van der Waals surface area contributed by atoms with Crippen LogP contribution in [0.1, 0.15) is 12.0 Å². The highest BCUT2D eigenvalue weighted by Crippen LogP contribution is 2.33. The second kappa shape index (κ2) is 5.81. The van der Waals surface area contributed by atoms with Crippen molar-refractivity contribution >= 4 is 15.9 Å². The van der Waals surface area contributed by atoms with Crippen molar-refractivity contribution < 1.29 is 17.9 Å². The molecule has 1 aromatic carbocycles. The normalized spacial score (nSPS) is 18.1. The van der Waals surface area contributed by atoms with Crippen molar-refractivity contribution in [3.63, 3.8) is 0 Å². The molecule has 106 valence electrons. The topological polar surface area (TPSA) is 21.3 Å². The predicted octanol–water partition coefficient (Wildman–Crippen LogP) is 3.26. The fraction of sp³-hybridized carbons (Fsp3) is 0.538. The monoisotopic (exact) mass is 337 g/mol. The molecule has 1 heterocycles. The fourth-order valence-corrected chi connectivity index (χ4v) is 2.48. The van der Waals surface area contributed by atoms with Crippen molar-refractivity contribution in [3.05, 3.63) is 34.3 Å². The lowest BCUT2D eigenvalue weighted by atomic mass is 9.73. The zero-order valence-corrected chi connectivity index (χ0v) is 11.9. The first kappa shape index (κ1) is 14.8. The molecule has 0 unspecified atom stereocenters. The van der Waals surface area contributed by atoms with E-state index in [4.69, 9.17) is 4.74 Å². The molecule has 0 aliphatic carbocycles. The summed E-state index contributed by atoms with van der Waals surface area (Å²) in [5.41, 5.74) is 1.05. The van der Waals surface area contributed by atoms with Gasteiger partial charge in [-0.3, -0.25) is 0 Å². The third kappa shape index (κ3) is 3.94. The summed E-state index contributed by atoms with van der Waals surface area (Å²) in [6, 6.07) is 7.92. The Morgan fingerprint density at radius 3 is 2.32 bits per heavy atom. The molecule has 1 N–H and O–H groups in total. The van der Waals surface area contributed by atoms with Gasteiger partial charge in [0.05, 0.1) is 0 Å². The van der Waals surface area contributed by atoms with Crippen LogP contribution in [0.4, 0.5) is 13.2 Å². The zero-order chi connectivity index (χ0) is 13.9. The van der Waals surface area contributed by atoms with Crippen molar-refractivity contribution in [3.8, 4) is 0 Å². The van der Waals surface area contributed by atoms with E-state index < -0.39 is 12.8 Å². The number of hydrogen-bond acceptors (Lipinski definition) is 2. The molecule has 0 atom stereocenters. The minimum atomic E-state index is -4.25. The van der Waals surface area contributed by atoms with Crippen molar-refractivity contribution in [2.75, 3.05) is 26.3 Å². The molecule has 1 aromatic rings. The van der Waals surface area contributed by atoms with Crippen LogP contribution < -0.4 is 5.32 Å². The van der Waals surface area contributed by atoms with E-state index in [1.807, 2.05) is 24.3 Å². The molecular formula is C13H15BrF3NO. The molecule has 0 amide bonds. The van der Waals surface area contributed by atoms with Crippen LogP contribution in [0, 0.1) is 0 Å². The molecular weight excluding hydrogens is 323 g/mol. The maximum absolute atomic E-state index is 12.0. The number of ether oxygens (including phenoxy) is 1. The summed E-state index contributed by atoms with van der Waals surface area (Å²) in [6.07, 6.45) is -3.65. The second-order valence-electron chi connectivity index (χ2n) is 4.81. The van der Waals surface area contributed by atoms with Crippen molar-refractivity contribution in [1.29, 1.82) is 0 Å². The number of halogens is 4. The van der Waals surface area contributed by atoms with Gasteiger partial charge in [0.1, 0.15) is 6.61 Å². The average Bonchev–Trinajstić information content (AvgIpc) is 2.27. The van der Waals surface area contributed by atoms with Crippen molar-refractivity contribution in [2.45, 2.75) is 18.0 Å². The third-order valence-electron chi connectivity index (χ3n) is 3.37. The average molecular weight is 338 g/mol. The lowest BCUT2D eigenvalue weighted by Gasteiger charge is -2.43. The van der Waals surface area contributed by atoms with E-state index in [2.05, 4.69) is 21.2 Å². The number of benzene rings is 1. The Hall–Kier alpha value is -0.590. The van der Waals surface area contributed by atoms with Gasteiger partial charge >= 0.3 is 6.18 Å². The Labute approximate surface area is 118 Å². The molecule has 0 radical (unpaired) electrons. The molecule has 2 nitrogen and oxygen atoms in total. The van der Waals surface area contributed by atoms with Crippen LogP contribution in [-0.2, 0) is 10.2 Å². The van der Waals surface area contributed by atoms with Gasteiger partial charge in [-0.2, -0.15) is 13.2 Å². The third-order valence-corrected chi connectivity index (χ3v) is 3.90. The number of nitrogens with one attached hydrogen (secondary N) is 1. The minimum absolute atomic E-state index is 0.0910. The standard InChI is InChI=1S/C13H15BrF3NO/c14-11-3-1-10(2-4-11)12(7-18-8-12)5-6-19-9-13(15,16)17/h1-4,18H,5-9H2. The van der Waals surface area contributed by atoms with Crippen molar-refractivity contribution in [1.82, 2.24) is 5.32 Å². The summed E-state index contributed by atoms with van der Waals surface area (Å²) in [4.78, 5) is 0. The molecule has 0 bridgehead atoms. The van der Waals surface area contributed by atoms with Crippen LogP contribution in [0.2, 0.25) is 0 Å². The van der Waals surface area contributed by atoms with E-state index in [-0.39, 0.29) is 12.0 Å². The zero-order valence-electron chi connectivity index (χ0n) is 10.3. The highest BCUT2D eigenvalue weighted by Gasteiger charge is 2.38. The summed E-state index contributed by atoms with van der Waals surface area (Å²) in [5, 5.41) is 3.18. The molecule has 0 saturated carbocycles. The van der Waals surface area contributed by atoms with Gasteiger partial charge in [0.25, 0.3) is 0 Å². The largest absolute Gasteiger partial charge is 0.411 e. The SMILES string of the molecule is FC(F)(F)COCCC1(c2ccc(Br)cc2)CNC1. The molecule has 1 saturated heterocycles. The maximum atomic E-state index is 12.0. The van der Waals surface area contributed by atoms with Gasteiger partial charge in [-0.1, -0.05) is 28.1 Å². The highest BCUT2D eigenvalue weighted by molar-refractivity contribution is 9.10. The van der Waals surface area contributed by atoms with Crippen LogP contribution in [0.15, 0.2) is 28.7 Å². The lowest BCUT2D eigenvalue weighted by molar-refractivity contribution is -0.175. The Morgan fingerprint density at radius 1 is 1.21 bits per heavy atom. The fourth-order valence-electron chi connectivity index (χ4n) is 2.21. The minimum Gasteiger partial charge on any atom is -0.372 e. The van der Waals surface area contributed by atoms with Crippen LogP contribution in [0.5, 0.6) is 0 Å². The molecule has 19 heavy (non-hydrogen) atoms. The van der Waals surface area contributed by atoms with Crippen molar-refractivity contribution in [2.24, 2.45) is 0 Å². The van der Waals surface area contributed by atoms with Crippen LogP contribution >= 0.6 is 15.9 Å². The van der Waals surface area contributed by atoms with E-state index in [0.717, 1.165) is 23.1 Å². The highest BCUT2D eigenvalue weighted by atomic mass is 79.9. The second-order valence-corrected chi connectivity index (χ2v) is 5.72. The molecule has 0 spiro atoms. The smallest absolute Gasteiger partial charge is 0.372 e. The molecule has 1 aliphatic heterocycles. The molecule has 6 heteroatoms. The van der Waals surface area contributed by atoms with Crippen LogP contribution in [-0.4, -0.2) is 32.5 Å². The number of hydrogen-bond donors (Lipinski definition) is 1. The Bertz CT molecular complexity index is 415. The number of rotatable bonds is 5. The summed E-state index contributed by atoms with van der Waals surface area (Å²) in [5.74, 6) is 0. The Kier molecular flexibility index (Phi) is 4.53. The predicted molar refractivity (Wildman–Crippen MR) is 70.2 cm³/mol. The summed E-state index contributed by atoms with van der Waals surface area (Å²) in [6.45, 7) is 0.516. The summed E-state index contributed by atoms with van der Waals surface area (Å²) >= 11 is 3.37. The molecule has 0 aromatic heterocycles. The van der Waals surface area contributed by atoms with Gasteiger partial charge in [-0.25, -0.2) is 0 Å². The Morgan fingerprint density at radius 2 is 1.84 bits per heavy atom. The summed E-state index contributed by atoms with van der Waals surface area (Å²) < 4.78 is 41.7. The van der Waals surface area contributed by atoms with Gasteiger partial charge in [-0.05, 0) is 24.1 Å². The van der Waals surface area contributed by atoms with Crippen LogP contribution in [0.25, 0.3) is 0 Å². The first-order valence-corrected chi connectivity index (χ1v) is 6.82. The van der Waals surface area contributed by atoms with Gasteiger partial charge in [0.2, 0.25) is 0 Å². The van der Waals surface area contributed by atoms with Crippen LogP contribution in [0.3, 0.4) is 0 Å². The first-order chi connectivity index (χ1) is 8.91. The van der Waals surface area contributed by atoms with E-state index in [1.165, 1.54) is 0 Å². The lowest BCUT2D eigenvalue weighted by Crippen LogP contribution is -2.57. The van der Waals surface area contributed by atoms with Gasteiger partial charge in [-0.15, -0.1) is 0 Å². The maximum Gasteiger partial charge on any atom is 0.411 e. The van der Waals surface area contributed by atoms with Gasteiger partial charge in [0.15, 0.2) is 0 Å². The van der Waals surface area contributed by atoms with E-state index in [9.17, 15) is 13.2 Å². The van der Waals surface area contributed by atoms with E-state index >= 15 is 0 Å². The van der Waals surface area contributed by atoms with Gasteiger partial charge in [0, 0.05) is 29.6 Å². The Balaban J connectivity index is 1.90. The molecule has 2 rings (SSSR count). The molecule has 1 aliphatic rings. The molecule has 1 fully saturated rings. The first-order valence-electron chi connectivity index (χ1n) is 6.03. The summed E-state index contributed by atoms with van der Waals surface area (Å²) in [7, 11) is 0. The quantitative estimate of drug-likeness (QED) is 0.832. The number of alkyl halides is 3. The van der Waals surface area contributed by atoms with Gasteiger partial charge < -0.3 is 10.1 Å². The van der Waals surface area contributed by atoms with E-state index in [1.54, 1.807) is 0 Å². The van der Waals surface area contributed by atoms with E-state index in [0.29, 0.717) is 6.42 Å².